The number of rotatable bonds is 2. The van der Waals surface area contributed by atoms with E-state index in [4.69, 9.17) is 0 Å². The second-order valence-corrected chi connectivity index (χ2v) is 3.40. The van der Waals surface area contributed by atoms with Crippen molar-refractivity contribution >= 4 is 11.5 Å². The molecule has 0 aromatic heterocycles. The quantitative estimate of drug-likeness (QED) is 0.685. The van der Waals surface area contributed by atoms with Crippen LogP contribution in [0.2, 0.25) is 0 Å². The summed E-state index contributed by atoms with van der Waals surface area (Å²) < 4.78 is 4.68. The summed E-state index contributed by atoms with van der Waals surface area (Å²) in [6.45, 7) is 0. The first-order chi connectivity index (χ1) is 7.31. The zero-order chi connectivity index (χ0) is 10.7. The molecule has 0 radical (unpaired) electrons. The lowest BCUT2D eigenvalue weighted by Gasteiger charge is -2.01. The minimum absolute atomic E-state index is 0.211. The van der Waals surface area contributed by atoms with Crippen LogP contribution in [0.3, 0.4) is 0 Å². The molecular weight excluding hydrogens is 188 g/mol. The van der Waals surface area contributed by atoms with Crippen molar-refractivity contribution in [2.45, 2.75) is 0 Å². The Labute approximate surface area is 88.9 Å². The highest BCUT2D eigenvalue weighted by molar-refractivity contribution is 5.86. The number of carbonyl (C=O) groups is 1. The average molecular weight is 200 g/mol. The largest absolute Gasteiger partial charge is 0.468 e. The summed E-state index contributed by atoms with van der Waals surface area (Å²) in [4.78, 5) is 11.3. The van der Waals surface area contributed by atoms with Crippen LogP contribution in [0.15, 0.2) is 48.6 Å². The van der Waals surface area contributed by atoms with E-state index < -0.39 is 0 Å². The lowest BCUT2D eigenvalue weighted by Crippen LogP contribution is -2.09. The number of allylic oxidation sites excluding steroid dienone is 2. The van der Waals surface area contributed by atoms with Gasteiger partial charge in [0, 0.05) is 0 Å². The van der Waals surface area contributed by atoms with E-state index >= 15 is 0 Å². The number of benzene rings is 1. The lowest BCUT2D eigenvalue weighted by molar-refractivity contribution is -0.142. The second kappa shape index (κ2) is 4.13. The third-order valence-corrected chi connectivity index (χ3v) is 2.42. The van der Waals surface area contributed by atoms with Crippen molar-refractivity contribution in [2.24, 2.45) is 5.92 Å². The number of hydrogen-bond acceptors (Lipinski definition) is 2. The van der Waals surface area contributed by atoms with E-state index in [1.165, 1.54) is 7.11 Å². The van der Waals surface area contributed by atoms with Crippen LogP contribution in [0, 0.1) is 5.92 Å². The molecule has 1 unspecified atom stereocenters. The third kappa shape index (κ3) is 1.99. The number of carbonyl (C=O) groups excluding carboxylic acids is 1. The maximum atomic E-state index is 11.3. The van der Waals surface area contributed by atoms with E-state index in [1.807, 2.05) is 48.6 Å². The first-order valence-corrected chi connectivity index (χ1v) is 4.84. The van der Waals surface area contributed by atoms with E-state index in [0.29, 0.717) is 0 Å². The van der Waals surface area contributed by atoms with Crippen molar-refractivity contribution < 1.29 is 9.53 Å². The molecule has 1 aliphatic carbocycles. The summed E-state index contributed by atoms with van der Waals surface area (Å²) in [7, 11) is 1.41. The standard InChI is InChI=1S/C13H12O2/c1-15-13(14)12-8-7-11(9-12)10-5-3-2-4-6-10/h2-9,12H,1H3. The highest BCUT2D eigenvalue weighted by Gasteiger charge is 2.18. The molecule has 0 saturated carbocycles. The first kappa shape index (κ1) is 9.71. The van der Waals surface area contributed by atoms with Gasteiger partial charge in [-0.25, -0.2) is 0 Å². The number of ether oxygens (including phenoxy) is 1. The minimum Gasteiger partial charge on any atom is -0.468 e. The van der Waals surface area contributed by atoms with Crippen molar-refractivity contribution in [2.75, 3.05) is 7.11 Å². The fraction of sp³-hybridized carbons (Fsp3) is 0.154. The highest BCUT2D eigenvalue weighted by Crippen LogP contribution is 2.25. The van der Waals surface area contributed by atoms with Crippen LogP contribution in [0.1, 0.15) is 5.56 Å². The minimum atomic E-state index is -0.231. The van der Waals surface area contributed by atoms with Gasteiger partial charge in [0.2, 0.25) is 0 Å². The summed E-state index contributed by atoms with van der Waals surface area (Å²) in [5, 5.41) is 0. The Hall–Kier alpha value is -1.83. The molecule has 76 valence electrons. The van der Waals surface area contributed by atoms with Crippen LogP contribution in [0.5, 0.6) is 0 Å². The maximum absolute atomic E-state index is 11.3. The fourth-order valence-electron chi connectivity index (χ4n) is 1.62. The zero-order valence-corrected chi connectivity index (χ0v) is 8.51. The fourth-order valence-corrected chi connectivity index (χ4v) is 1.62. The van der Waals surface area contributed by atoms with Crippen LogP contribution >= 0.6 is 0 Å². The summed E-state index contributed by atoms with van der Waals surface area (Å²) in [6, 6.07) is 9.98. The van der Waals surface area contributed by atoms with Gasteiger partial charge in [-0.15, -0.1) is 0 Å². The predicted octanol–water partition coefficient (Wildman–Crippen LogP) is 2.43. The number of esters is 1. The van der Waals surface area contributed by atoms with Gasteiger partial charge in [-0.2, -0.15) is 0 Å². The Morgan fingerprint density at radius 1 is 1.27 bits per heavy atom. The second-order valence-electron chi connectivity index (χ2n) is 3.40. The molecule has 1 aliphatic rings. The molecule has 2 rings (SSSR count). The molecule has 0 amide bonds. The van der Waals surface area contributed by atoms with Crippen molar-refractivity contribution in [3.8, 4) is 0 Å². The van der Waals surface area contributed by atoms with Crippen LogP contribution in [-0.4, -0.2) is 13.1 Å². The van der Waals surface area contributed by atoms with Gasteiger partial charge in [-0.05, 0) is 11.1 Å². The molecule has 2 nitrogen and oxygen atoms in total. The third-order valence-electron chi connectivity index (χ3n) is 2.42. The van der Waals surface area contributed by atoms with E-state index in [9.17, 15) is 4.79 Å². The molecule has 1 aromatic carbocycles. The normalized spacial score (nSPS) is 18.7. The van der Waals surface area contributed by atoms with Crippen molar-refractivity contribution in [3.05, 3.63) is 54.1 Å². The number of methoxy groups -OCH3 is 1. The molecule has 0 spiro atoms. The Kier molecular flexibility index (Phi) is 2.68. The van der Waals surface area contributed by atoms with Gasteiger partial charge in [0.25, 0.3) is 0 Å². The van der Waals surface area contributed by atoms with Crippen LogP contribution < -0.4 is 0 Å². The van der Waals surface area contributed by atoms with Gasteiger partial charge in [-0.3, -0.25) is 4.79 Å². The van der Waals surface area contributed by atoms with Crippen molar-refractivity contribution in [1.82, 2.24) is 0 Å². The molecule has 0 bridgehead atoms. The topological polar surface area (TPSA) is 26.3 Å². The van der Waals surface area contributed by atoms with Gasteiger partial charge in [0.1, 0.15) is 0 Å². The molecule has 2 heteroatoms. The Morgan fingerprint density at radius 3 is 2.67 bits per heavy atom. The van der Waals surface area contributed by atoms with Gasteiger partial charge < -0.3 is 4.74 Å². The highest BCUT2D eigenvalue weighted by atomic mass is 16.5. The molecule has 1 atom stereocenters. The molecular formula is C13H12O2. The van der Waals surface area contributed by atoms with Gasteiger partial charge >= 0.3 is 5.97 Å². The molecule has 1 aromatic rings. The zero-order valence-electron chi connectivity index (χ0n) is 8.51. The monoisotopic (exact) mass is 200 g/mol. The molecule has 15 heavy (non-hydrogen) atoms. The van der Waals surface area contributed by atoms with Crippen molar-refractivity contribution in [1.29, 1.82) is 0 Å². The molecule has 0 N–H and O–H groups in total. The number of hydrogen-bond donors (Lipinski definition) is 0. The van der Waals surface area contributed by atoms with E-state index in [2.05, 4.69) is 4.74 Å². The van der Waals surface area contributed by atoms with Gasteiger partial charge in [-0.1, -0.05) is 48.6 Å². The summed E-state index contributed by atoms with van der Waals surface area (Å²) in [5.41, 5.74) is 2.20. The maximum Gasteiger partial charge on any atom is 0.316 e. The molecule has 0 saturated heterocycles. The van der Waals surface area contributed by atoms with Gasteiger partial charge in [0.15, 0.2) is 0 Å². The Balaban J connectivity index is 2.22. The average Bonchev–Trinajstić information content (AvgIpc) is 2.78. The molecule has 0 heterocycles. The Morgan fingerprint density at radius 2 is 2.00 bits per heavy atom. The van der Waals surface area contributed by atoms with Crippen LogP contribution in [0.4, 0.5) is 0 Å². The van der Waals surface area contributed by atoms with E-state index in [-0.39, 0.29) is 11.9 Å². The summed E-state index contributed by atoms with van der Waals surface area (Å²) in [5.74, 6) is -0.442. The van der Waals surface area contributed by atoms with Crippen LogP contribution in [0.25, 0.3) is 5.57 Å². The summed E-state index contributed by atoms with van der Waals surface area (Å²) in [6.07, 6.45) is 5.73. The van der Waals surface area contributed by atoms with E-state index in [0.717, 1.165) is 11.1 Å². The SMILES string of the molecule is COC(=O)C1C=CC(c2ccccc2)=C1. The Bertz CT molecular complexity index is 415. The predicted molar refractivity (Wildman–Crippen MR) is 59.1 cm³/mol. The van der Waals surface area contributed by atoms with Crippen molar-refractivity contribution in [3.63, 3.8) is 0 Å². The smallest absolute Gasteiger partial charge is 0.316 e. The molecule has 0 aliphatic heterocycles. The van der Waals surface area contributed by atoms with Gasteiger partial charge in [0.05, 0.1) is 13.0 Å². The summed E-state index contributed by atoms with van der Waals surface area (Å²) >= 11 is 0. The lowest BCUT2D eigenvalue weighted by atomic mass is 10.1. The van der Waals surface area contributed by atoms with E-state index in [1.54, 1.807) is 0 Å². The first-order valence-electron chi connectivity index (χ1n) is 4.84. The molecule has 0 fully saturated rings. The van der Waals surface area contributed by atoms with Crippen LogP contribution in [-0.2, 0) is 9.53 Å².